The fourth-order valence-electron chi connectivity index (χ4n) is 1.88. The SMILES string of the molecule is CC(C)(CCCS(=O)(=O)c1nc2ccccc2s1)C(=O)O. The van der Waals surface area contributed by atoms with Crippen molar-refractivity contribution in [2.24, 2.45) is 5.41 Å². The molecule has 0 aliphatic carbocycles. The van der Waals surface area contributed by atoms with E-state index in [1.807, 2.05) is 18.2 Å². The van der Waals surface area contributed by atoms with Crippen LogP contribution in [-0.2, 0) is 14.6 Å². The highest BCUT2D eigenvalue weighted by atomic mass is 32.2. The van der Waals surface area contributed by atoms with Gasteiger partial charge in [0.25, 0.3) is 0 Å². The molecule has 0 bridgehead atoms. The van der Waals surface area contributed by atoms with Crippen LogP contribution in [0.15, 0.2) is 28.6 Å². The van der Waals surface area contributed by atoms with Crippen LogP contribution >= 0.6 is 11.3 Å². The summed E-state index contributed by atoms with van der Waals surface area (Å²) in [5, 5.41) is 9.02. The number of aliphatic carboxylic acids is 1. The van der Waals surface area contributed by atoms with E-state index in [0.717, 1.165) is 16.0 Å². The number of carboxylic acids is 1. The molecule has 7 heteroatoms. The number of aromatic nitrogens is 1. The van der Waals surface area contributed by atoms with Crippen LogP contribution in [0.3, 0.4) is 0 Å². The van der Waals surface area contributed by atoms with Crippen molar-refractivity contribution in [3.8, 4) is 0 Å². The first kappa shape index (κ1) is 15.9. The average molecular weight is 327 g/mol. The second kappa shape index (κ2) is 5.73. The van der Waals surface area contributed by atoms with Crippen LogP contribution in [0.1, 0.15) is 26.7 Å². The number of hydrogen-bond donors (Lipinski definition) is 1. The molecular formula is C14H17NO4S2. The summed E-state index contributed by atoms with van der Waals surface area (Å²) < 4.78 is 25.5. The summed E-state index contributed by atoms with van der Waals surface area (Å²) in [4.78, 5) is 15.2. The van der Waals surface area contributed by atoms with E-state index in [0.29, 0.717) is 18.4 Å². The fraction of sp³-hybridized carbons (Fsp3) is 0.429. The average Bonchev–Trinajstić information content (AvgIpc) is 2.82. The Hall–Kier alpha value is -1.47. The Morgan fingerprint density at radius 2 is 2.00 bits per heavy atom. The maximum Gasteiger partial charge on any atom is 0.309 e. The molecule has 1 heterocycles. The molecule has 1 aromatic carbocycles. The molecule has 0 unspecified atom stereocenters. The van der Waals surface area contributed by atoms with Crippen molar-refractivity contribution in [3.63, 3.8) is 0 Å². The number of carbonyl (C=O) groups is 1. The van der Waals surface area contributed by atoms with E-state index in [4.69, 9.17) is 5.11 Å². The Bertz CT molecular complexity index is 729. The van der Waals surface area contributed by atoms with E-state index in [9.17, 15) is 13.2 Å². The van der Waals surface area contributed by atoms with Crippen LogP contribution in [0.4, 0.5) is 0 Å². The third-order valence-electron chi connectivity index (χ3n) is 3.33. The van der Waals surface area contributed by atoms with Gasteiger partial charge in [0.05, 0.1) is 21.4 Å². The Morgan fingerprint density at radius 1 is 1.33 bits per heavy atom. The van der Waals surface area contributed by atoms with Crippen molar-refractivity contribution < 1.29 is 18.3 Å². The molecule has 0 aliphatic heterocycles. The smallest absolute Gasteiger partial charge is 0.309 e. The van der Waals surface area contributed by atoms with Crippen molar-refractivity contribution in [2.45, 2.75) is 31.0 Å². The Kier molecular flexibility index (Phi) is 4.34. The minimum atomic E-state index is -3.46. The molecule has 0 fully saturated rings. The van der Waals surface area contributed by atoms with Crippen molar-refractivity contribution in [1.82, 2.24) is 4.98 Å². The standard InChI is InChI=1S/C14H17NO4S2/c1-14(2,12(16)17)8-5-9-21(18,19)13-15-10-6-3-4-7-11(10)20-13/h3-4,6-7H,5,8-9H2,1-2H3,(H,16,17). The summed E-state index contributed by atoms with van der Waals surface area (Å²) in [6.07, 6.45) is 0.615. The van der Waals surface area contributed by atoms with Gasteiger partial charge in [0, 0.05) is 0 Å². The minimum absolute atomic E-state index is 0.0798. The molecule has 1 aromatic heterocycles. The number of fused-ring (bicyclic) bond motifs is 1. The van der Waals surface area contributed by atoms with E-state index in [-0.39, 0.29) is 10.1 Å². The number of hydrogen-bond acceptors (Lipinski definition) is 5. The van der Waals surface area contributed by atoms with E-state index in [1.165, 1.54) is 0 Å². The van der Waals surface area contributed by atoms with Gasteiger partial charge in [0.15, 0.2) is 0 Å². The largest absolute Gasteiger partial charge is 0.481 e. The number of nitrogens with zero attached hydrogens (tertiary/aromatic N) is 1. The van der Waals surface area contributed by atoms with Gasteiger partial charge in [-0.3, -0.25) is 4.79 Å². The molecule has 1 N–H and O–H groups in total. The molecule has 0 radical (unpaired) electrons. The van der Waals surface area contributed by atoms with Gasteiger partial charge in [-0.15, -0.1) is 11.3 Å². The molecule has 0 aliphatic rings. The van der Waals surface area contributed by atoms with Crippen molar-refractivity contribution in [3.05, 3.63) is 24.3 Å². The van der Waals surface area contributed by atoms with Crippen molar-refractivity contribution in [2.75, 3.05) is 5.75 Å². The molecule has 2 rings (SSSR count). The van der Waals surface area contributed by atoms with Gasteiger partial charge in [-0.1, -0.05) is 12.1 Å². The number of sulfone groups is 1. The first-order chi connectivity index (χ1) is 9.72. The van der Waals surface area contributed by atoms with Gasteiger partial charge in [-0.05, 0) is 38.8 Å². The lowest BCUT2D eigenvalue weighted by atomic mass is 9.88. The zero-order valence-corrected chi connectivity index (χ0v) is 13.5. The minimum Gasteiger partial charge on any atom is -0.481 e. The summed E-state index contributed by atoms with van der Waals surface area (Å²) in [6, 6.07) is 7.26. The maximum atomic E-state index is 12.3. The Labute approximate surface area is 127 Å². The molecule has 0 saturated carbocycles. The summed E-state index contributed by atoms with van der Waals surface area (Å²) in [5.41, 5.74) is -0.240. The molecule has 0 saturated heterocycles. The van der Waals surface area contributed by atoms with Crippen LogP contribution in [0.25, 0.3) is 10.2 Å². The molecule has 0 atom stereocenters. The van der Waals surface area contributed by atoms with Crippen LogP contribution in [0.5, 0.6) is 0 Å². The fourth-order valence-corrected chi connectivity index (χ4v) is 4.54. The number of carboxylic acid groups (broad SMARTS) is 1. The van der Waals surface area contributed by atoms with E-state index in [1.54, 1.807) is 19.9 Å². The summed E-state index contributed by atoms with van der Waals surface area (Å²) in [5.74, 6) is -0.997. The normalized spacial score (nSPS) is 12.7. The number of thiazole rings is 1. The molecule has 0 spiro atoms. The predicted molar refractivity (Wildman–Crippen MR) is 82.3 cm³/mol. The van der Waals surface area contributed by atoms with Crippen LogP contribution in [-0.4, -0.2) is 30.2 Å². The van der Waals surface area contributed by atoms with Gasteiger partial charge < -0.3 is 5.11 Å². The lowest BCUT2D eigenvalue weighted by Crippen LogP contribution is -2.24. The first-order valence-corrected chi connectivity index (χ1v) is 9.01. The summed E-state index contributed by atoms with van der Waals surface area (Å²) in [7, 11) is -3.46. The van der Waals surface area contributed by atoms with Crippen LogP contribution in [0.2, 0.25) is 0 Å². The number of benzene rings is 1. The van der Waals surface area contributed by atoms with Gasteiger partial charge in [0.2, 0.25) is 14.2 Å². The third kappa shape index (κ3) is 3.59. The van der Waals surface area contributed by atoms with Gasteiger partial charge in [0.1, 0.15) is 0 Å². The number of rotatable bonds is 6. The number of para-hydroxylation sites is 1. The van der Waals surface area contributed by atoms with E-state index >= 15 is 0 Å². The highest BCUT2D eigenvalue weighted by molar-refractivity contribution is 7.93. The Balaban J connectivity index is 2.10. The molecule has 0 amide bonds. The summed E-state index contributed by atoms with van der Waals surface area (Å²) >= 11 is 1.15. The van der Waals surface area contributed by atoms with Crippen molar-refractivity contribution in [1.29, 1.82) is 0 Å². The quantitative estimate of drug-likeness (QED) is 0.881. The topological polar surface area (TPSA) is 84.3 Å². The molecule has 114 valence electrons. The molecule has 21 heavy (non-hydrogen) atoms. The zero-order valence-electron chi connectivity index (χ0n) is 11.9. The highest BCUT2D eigenvalue weighted by Gasteiger charge is 2.28. The van der Waals surface area contributed by atoms with E-state index < -0.39 is 21.2 Å². The van der Waals surface area contributed by atoms with Crippen LogP contribution in [0, 0.1) is 5.41 Å². The maximum absolute atomic E-state index is 12.3. The molecule has 2 aromatic rings. The predicted octanol–water partition coefficient (Wildman–Crippen LogP) is 2.96. The third-order valence-corrected chi connectivity index (χ3v) is 6.63. The zero-order chi connectivity index (χ0) is 15.7. The molecular weight excluding hydrogens is 310 g/mol. The highest BCUT2D eigenvalue weighted by Crippen LogP contribution is 2.28. The van der Waals surface area contributed by atoms with Gasteiger partial charge in [-0.2, -0.15) is 0 Å². The van der Waals surface area contributed by atoms with Gasteiger partial charge >= 0.3 is 5.97 Å². The lowest BCUT2D eigenvalue weighted by Gasteiger charge is -2.18. The van der Waals surface area contributed by atoms with Crippen molar-refractivity contribution >= 4 is 37.4 Å². The summed E-state index contributed by atoms with van der Waals surface area (Å²) in [6.45, 7) is 3.19. The van der Waals surface area contributed by atoms with Gasteiger partial charge in [-0.25, -0.2) is 13.4 Å². The second-order valence-corrected chi connectivity index (χ2v) is 8.87. The Morgan fingerprint density at radius 3 is 2.62 bits per heavy atom. The molecule has 5 nitrogen and oxygen atoms in total. The first-order valence-electron chi connectivity index (χ1n) is 6.54. The second-order valence-electron chi connectivity index (χ2n) is 5.56. The van der Waals surface area contributed by atoms with E-state index in [2.05, 4.69) is 4.98 Å². The van der Waals surface area contributed by atoms with Crippen LogP contribution < -0.4 is 0 Å². The lowest BCUT2D eigenvalue weighted by molar-refractivity contribution is -0.147. The monoisotopic (exact) mass is 327 g/mol.